The monoisotopic (exact) mass is 381 g/mol. The number of hydrogen-bond acceptors (Lipinski definition) is 4. The van der Waals surface area contributed by atoms with E-state index in [9.17, 15) is 9.59 Å². The van der Waals surface area contributed by atoms with Gasteiger partial charge in [-0.05, 0) is 42.5 Å². The molecule has 0 aliphatic rings. The van der Waals surface area contributed by atoms with E-state index < -0.39 is 11.8 Å². The molecule has 0 aliphatic carbocycles. The number of rotatable bonds is 6. The Bertz CT molecular complexity index is 957. The van der Waals surface area contributed by atoms with Crippen LogP contribution in [0.25, 0.3) is 0 Å². The van der Waals surface area contributed by atoms with Crippen molar-refractivity contribution in [3.05, 3.63) is 88.7 Å². The molecule has 6 nitrogen and oxygen atoms in total. The van der Waals surface area contributed by atoms with Gasteiger partial charge < -0.3 is 15.8 Å². The van der Waals surface area contributed by atoms with Gasteiger partial charge in [0.1, 0.15) is 18.1 Å². The average molecular weight is 382 g/mol. The number of nitrogens with one attached hydrogen (secondary N) is 1. The molecule has 0 atom stereocenters. The number of carbonyl (C=O) groups is 2. The third kappa shape index (κ3) is 4.83. The van der Waals surface area contributed by atoms with Crippen LogP contribution in [-0.2, 0) is 6.61 Å². The predicted octanol–water partition coefficient (Wildman–Crippen LogP) is 3.67. The Labute approximate surface area is 160 Å². The van der Waals surface area contributed by atoms with Gasteiger partial charge in [-0.15, -0.1) is 0 Å². The number of aromatic nitrogens is 1. The lowest BCUT2D eigenvalue weighted by Gasteiger charge is -2.09. The molecule has 0 unspecified atom stereocenters. The van der Waals surface area contributed by atoms with Gasteiger partial charge in [-0.1, -0.05) is 29.8 Å². The topological polar surface area (TPSA) is 94.3 Å². The summed E-state index contributed by atoms with van der Waals surface area (Å²) in [4.78, 5) is 27.2. The molecule has 0 saturated heterocycles. The molecule has 136 valence electrons. The average Bonchev–Trinajstić information content (AvgIpc) is 2.68. The maximum absolute atomic E-state index is 12.2. The fourth-order valence-electron chi connectivity index (χ4n) is 2.28. The van der Waals surface area contributed by atoms with Gasteiger partial charge in [-0.2, -0.15) is 0 Å². The summed E-state index contributed by atoms with van der Waals surface area (Å²) in [6, 6.07) is 17.3. The molecular weight excluding hydrogens is 366 g/mol. The van der Waals surface area contributed by atoms with E-state index in [1.54, 1.807) is 24.3 Å². The van der Waals surface area contributed by atoms with Crippen LogP contribution in [0.4, 0.5) is 5.69 Å². The first-order chi connectivity index (χ1) is 13.0. The molecule has 27 heavy (non-hydrogen) atoms. The van der Waals surface area contributed by atoms with Gasteiger partial charge in [0.2, 0.25) is 5.91 Å². The van der Waals surface area contributed by atoms with E-state index in [0.717, 1.165) is 5.56 Å². The van der Waals surface area contributed by atoms with Crippen LogP contribution in [0.15, 0.2) is 66.9 Å². The van der Waals surface area contributed by atoms with Crippen LogP contribution < -0.4 is 15.8 Å². The van der Waals surface area contributed by atoms with Crippen LogP contribution in [-0.4, -0.2) is 16.8 Å². The summed E-state index contributed by atoms with van der Waals surface area (Å²) in [6.07, 6.45) is 1.27. The zero-order chi connectivity index (χ0) is 19.2. The second kappa shape index (κ2) is 8.33. The number of amides is 2. The molecule has 0 radical (unpaired) electrons. The predicted molar refractivity (Wildman–Crippen MR) is 103 cm³/mol. The first kappa shape index (κ1) is 18.4. The summed E-state index contributed by atoms with van der Waals surface area (Å²) in [5.74, 6) is -0.338. The normalized spacial score (nSPS) is 10.3. The van der Waals surface area contributed by atoms with Crippen LogP contribution >= 0.6 is 11.6 Å². The Hall–Kier alpha value is -3.38. The highest BCUT2D eigenvalue weighted by Gasteiger charge is 2.09. The SMILES string of the molecule is NC(=O)c1ccc(C(=O)Nc2ccc(OCc3ccccc3Cl)cc2)nc1. The lowest BCUT2D eigenvalue weighted by molar-refractivity contribution is 0.0993. The fraction of sp³-hybridized carbons (Fsp3) is 0.0500. The van der Waals surface area contributed by atoms with Gasteiger partial charge >= 0.3 is 0 Å². The second-order valence-electron chi connectivity index (χ2n) is 5.65. The number of benzene rings is 2. The number of carbonyl (C=O) groups excluding carboxylic acids is 2. The van der Waals surface area contributed by atoms with Crippen molar-refractivity contribution in [1.82, 2.24) is 4.98 Å². The first-order valence-electron chi connectivity index (χ1n) is 8.06. The van der Waals surface area contributed by atoms with Gasteiger partial charge in [0.15, 0.2) is 0 Å². The van der Waals surface area contributed by atoms with Crippen molar-refractivity contribution in [3.63, 3.8) is 0 Å². The largest absolute Gasteiger partial charge is 0.489 e. The number of pyridine rings is 1. The van der Waals surface area contributed by atoms with Gasteiger partial charge in [-0.25, -0.2) is 0 Å². The molecule has 0 aliphatic heterocycles. The van der Waals surface area contributed by atoms with Gasteiger partial charge in [0.25, 0.3) is 5.91 Å². The summed E-state index contributed by atoms with van der Waals surface area (Å²) >= 11 is 6.10. The van der Waals surface area contributed by atoms with E-state index >= 15 is 0 Å². The number of ether oxygens (including phenoxy) is 1. The molecule has 3 rings (SSSR count). The molecule has 1 heterocycles. The standard InChI is InChI=1S/C20H16ClN3O3/c21-17-4-2-1-3-14(17)12-27-16-8-6-15(7-9-16)24-20(26)18-10-5-13(11-23-18)19(22)25/h1-11H,12H2,(H2,22,25)(H,24,26). The lowest BCUT2D eigenvalue weighted by Crippen LogP contribution is -2.15. The van der Waals surface area contributed by atoms with Gasteiger partial charge in [-0.3, -0.25) is 14.6 Å². The molecule has 7 heteroatoms. The number of nitrogens with two attached hydrogens (primary N) is 1. The van der Waals surface area contributed by atoms with Crippen LogP contribution in [0.5, 0.6) is 5.75 Å². The van der Waals surface area contributed by atoms with Crippen molar-refractivity contribution in [2.75, 3.05) is 5.32 Å². The van der Waals surface area contributed by atoms with Crippen molar-refractivity contribution in [2.45, 2.75) is 6.61 Å². The van der Waals surface area contributed by atoms with E-state index in [4.69, 9.17) is 22.1 Å². The minimum Gasteiger partial charge on any atom is -0.489 e. The number of nitrogens with zero attached hydrogens (tertiary/aromatic N) is 1. The molecule has 2 aromatic carbocycles. The smallest absolute Gasteiger partial charge is 0.274 e. The first-order valence-corrected chi connectivity index (χ1v) is 8.44. The van der Waals surface area contributed by atoms with Crippen LogP contribution in [0.3, 0.4) is 0 Å². The van der Waals surface area contributed by atoms with Crippen molar-refractivity contribution >= 4 is 29.1 Å². The molecule has 0 fully saturated rings. The minimum atomic E-state index is -0.596. The number of anilines is 1. The second-order valence-corrected chi connectivity index (χ2v) is 6.06. The Morgan fingerprint density at radius 3 is 2.41 bits per heavy atom. The lowest BCUT2D eigenvalue weighted by atomic mass is 10.2. The Morgan fingerprint density at radius 2 is 1.78 bits per heavy atom. The molecule has 0 spiro atoms. The number of hydrogen-bond donors (Lipinski definition) is 2. The third-order valence-electron chi connectivity index (χ3n) is 3.74. The Morgan fingerprint density at radius 1 is 1.04 bits per heavy atom. The Kier molecular flexibility index (Phi) is 5.68. The van der Waals surface area contributed by atoms with E-state index in [2.05, 4.69) is 10.3 Å². The van der Waals surface area contributed by atoms with E-state index in [1.165, 1.54) is 18.3 Å². The van der Waals surface area contributed by atoms with E-state index in [0.29, 0.717) is 23.1 Å². The maximum Gasteiger partial charge on any atom is 0.274 e. The van der Waals surface area contributed by atoms with Crippen molar-refractivity contribution in [3.8, 4) is 5.75 Å². The van der Waals surface area contributed by atoms with Crippen molar-refractivity contribution in [1.29, 1.82) is 0 Å². The molecule has 1 aromatic heterocycles. The summed E-state index contributed by atoms with van der Waals surface area (Å²) in [5, 5.41) is 3.37. The molecule has 3 aromatic rings. The quantitative estimate of drug-likeness (QED) is 0.681. The number of primary amides is 1. The van der Waals surface area contributed by atoms with Gasteiger partial charge in [0, 0.05) is 22.5 Å². The molecule has 0 saturated carbocycles. The zero-order valence-electron chi connectivity index (χ0n) is 14.2. The third-order valence-corrected chi connectivity index (χ3v) is 4.11. The van der Waals surface area contributed by atoms with Crippen LogP contribution in [0.2, 0.25) is 5.02 Å². The summed E-state index contributed by atoms with van der Waals surface area (Å²) in [7, 11) is 0. The zero-order valence-corrected chi connectivity index (χ0v) is 14.9. The van der Waals surface area contributed by atoms with E-state index in [-0.39, 0.29) is 11.3 Å². The maximum atomic E-state index is 12.2. The number of halogens is 1. The summed E-state index contributed by atoms with van der Waals surface area (Å²) in [5.41, 5.74) is 7.05. The van der Waals surface area contributed by atoms with Crippen molar-refractivity contribution in [2.24, 2.45) is 5.73 Å². The molecular formula is C20H16ClN3O3. The highest BCUT2D eigenvalue weighted by molar-refractivity contribution is 6.31. The van der Waals surface area contributed by atoms with Gasteiger partial charge in [0.05, 0.1) is 5.56 Å². The highest BCUT2D eigenvalue weighted by Crippen LogP contribution is 2.20. The summed E-state index contributed by atoms with van der Waals surface area (Å²) in [6.45, 7) is 0.349. The minimum absolute atomic E-state index is 0.180. The summed E-state index contributed by atoms with van der Waals surface area (Å²) < 4.78 is 5.70. The fourth-order valence-corrected chi connectivity index (χ4v) is 2.47. The van der Waals surface area contributed by atoms with E-state index in [1.807, 2.05) is 24.3 Å². The Balaban J connectivity index is 1.59. The van der Waals surface area contributed by atoms with Crippen molar-refractivity contribution < 1.29 is 14.3 Å². The molecule has 3 N–H and O–H groups in total. The molecule has 2 amide bonds. The van der Waals surface area contributed by atoms with Crippen LogP contribution in [0.1, 0.15) is 26.4 Å². The highest BCUT2D eigenvalue weighted by atomic mass is 35.5. The van der Waals surface area contributed by atoms with Crippen LogP contribution in [0, 0.1) is 0 Å². The molecule has 0 bridgehead atoms.